The molecule has 2 N–H and O–H groups in total. The third-order valence-corrected chi connectivity index (χ3v) is 4.42. The molecular weight excluding hydrogens is 300 g/mol. The van der Waals surface area contributed by atoms with Gasteiger partial charge in [0.2, 0.25) is 10.0 Å². The molecule has 2 heterocycles. The summed E-state index contributed by atoms with van der Waals surface area (Å²) in [7, 11) is -3.23. The van der Waals surface area contributed by atoms with Gasteiger partial charge in [-0.1, -0.05) is 6.07 Å². The van der Waals surface area contributed by atoms with E-state index < -0.39 is 10.0 Å². The Hall–Kier alpha value is -0.820. The summed E-state index contributed by atoms with van der Waals surface area (Å²) in [6.45, 7) is 2.49. The van der Waals surface area contributed by atoms with E-state index in [4.69, 9.17) is 4.74 Å². The van der Waals surface area contributed by atoms with Gasteiger partial charge in [-0.3, -0.25) is 4.72 Å². The van der Waals surface area contributed by atoms with E-state index in [9.17, 15) is 8.42 Å². The van der Waals surface area contributed by atoms with Crippen LogP contribution in [0.15, 0.2) is 18.2 Å². The fraction of sp³-hybridized carbons (Fsp3) is 0.538. The third-order valence-electron chi connectivity index (χ3n) is 3.81. The van der Waals surface area contributed by atoms with Gasteiger partial charge in [-0.2, -0.15) is 0 Å². The van der Waals surface area contributed by atoms with Gasteiger partial charge in [0.05, 0.1) is 18.5 Å². The lowest BCUT2D eigenvalue weighted by Gasteiger charge is -2.34. The Labute approximate surface area is 125 Å². The number of benzene rings is 1. The molecule has 3 rings (SSSR count). The molecule has 0 aliphatic carbocycles. The highest BCUT2D eigenvalue weighted by Crippen LogP contribution is 2.43. The predicted octanol–water partition coefficient (Wildman–Crippen LogP) is 1.59. The van der Waals surface area contributed by atoms with Crippen LogP contribution in [-0.2, 0) is 27.0 Å². The molecule has 2 aliphatic rings. The lowest BCUT2D eigenvalue weighted by molar-refractivity contribution is -0.0590. The molecule has 0 atom stereocenters. The minimum absolute atomic E-state index is 0. The maximum absolute atomic E-state index is 11.2. The van der Waals surface area contributed by atoms with Crippen molar-refractivity contribution in [3.05, 3.63) is 29.3 Å². The molecule has 1 fully saturated rings. The quantitative estimate of drug-likeness (QED) is 0.869. The second-order valence-corrected chi connectivity index (χ2v) is 7.03. The molecule has 0 amide bonds. The van der Waals surface area contributed by atoms with Crippen molar-refractivity contribution >= 4 is 28.1 Å². The number of rotatable bonds is 2. The highest BCUT2D eigenvalue weighted by Gasteiger charge is 2.40. The predicted molar refractivity (Wildman–Crippen MR) is 80.7 cm³/mol. The number of hydrogen-bond acceptors (Lipinski definition) is 4. The molecule has 0 saturated carbocycles. The number of piperidine rings is 1. The second-order valence-electron chi connectivity index (χ2n) is 5.28. The molecule has 1 aromatic carbocycles. The largest absolute Gasteiger partial charge is 0.365 e. The van der Waals surface area contributed by atoms with Gasteiger partial charge in [-0.25, -0.2) is 8.42 Å². The number of halogens is 1. The van der Waals surface area contributed by atoms with Crippen LogP contribution in [-0.4, -0.2) is 27.8 Å². The average molecular weight is 319 g/mol. The standard InChI is InChI=1S/C13H18N2O3S.ClH/c1-19(16,17)15-11-2-3-12-10(8-11)9-18-13(12)4-6-14-7-5-13;/h2-3,8,14-15H,4-7,9H2,1H3;1H. The van der Waals surface area contributed by atoms with Crippen molar-refractivity contribution in [2.75, 3.05) is 24.1 Å². The minimum Gasteiger partial charge on any atom is -0.365 e. The fourth-order valence-corrected chi connectivity index (χ4v) is 3.53. The summed E-state index contributed by atoms with van der Waals surface area (Å²) < 4.78 is 31.0. The summed E-state index contributed by atoms with van der Waals surface area (Å²) in [4.78, 5) is 0. The maximum Gasteiger partial charge on any atom is 0.229 e. The van der Waals surface area contributed by atoms with Crippen LogP contribution < -0.4 is 10.0 Å². The summed E-state index contributed by atoms with van der Waals surface area (Å²) in [5.41, 5.74) is 2.75. The molecule has 2 aliphatic heterocycles. The summed E-state index contributed by atoms with van der Waals surface area (Å²) in [6.07, 6.45) is 3.10. The van der Waals surface area contributed by atoms with E-state index >= 15 is 0 Å². The van der Waals surface area contributed by atoms with Crippen LogP contribution in [0, 0.1) is 0 Å². The summed E-state index contributed by atoms with van der Waals surface area (Å²) in [5.74, 6) is 0. The van der Waals surface area contributed by atoms with Crippen LogP contribution in [0.5, 0.6) is 0 Å². The second kappa shape index (κ2) is 5.52. The van der Waals surface area contributed by atoms with Gasteiger partial charge >= 0.3 is 0 Å². The minimum atomic E-state index is -3.23. The third kappa shape index (κ3) is 2.93. The topological polar surface area (TPSA) is 67.4 Å². The first-order chi connectivity index (χ1) is 8.99. The Balaban J connectivity index is 0.00000147. The highest BCUT2D eigenvalue weighted by atomic mass is 35.5. The number of fused-ring (bicyclic) bond motifs is 2. The number of sulfonamides is 1. The molecule has 5 nitrogen and oxygen atoms in total. The molecule has 0 radical (unpaired) electrons. The van der Waals surface area contributed by atoms with E-state index in [-0.39, 0.29) is 18.0 Å². The van der Waals surface area contributed by atoms with Gasteiger partial charge in [0.15, 0.2) is 0 Å². The van der Waals surface area contributed by atoms with Gasteiger partial charge in [-0.15, -0.1) is 12.4 Å². The van der Waals surface area contributed by atoms with Gasteiger partial charge in [0.25, 0.3) is 0 Å². The SMILES string of the molecule is CS(=O)(=O)Nc1ccc2c(c1)COC21CCNCC1.Cl. The van der Waals surface area contributed by atoms with Crippen molar-refractivity contribution < 1.29 is 13.2 Å². The van der Waals surface area contributed by atoms with Gasteiger partial charge in [0.1, 0.15) is 0 Å². The van der Waals surface area contributed by atoms with E-state index in [1.54, 1.807) is 0 Å². The van der Waals surface area contributed by atoms with Crippen molar-refractivity contribution in [1.29, 1.82) is 0 Å². The van der Waals surface area contributed by atoms with Crippen LogP contribution >= 0.6 is 12.4 Å². The molecule has 1 spiro atoms. The molecular formula is C13H19ClN2O3S. The van der Waals surface area contributed by atoms with Crippen LogP contribution in [0.4, 0.5) is 5.69 Å². The zero-order valence-electron chi connectivity index (χ0n) is 11.3. The first-order valence-corrected chi connectivity index (χ1v) is 8.34. The van der Waals surface area contributed by atoms with E-state index in [1.807, 2.05) is 18.2 Å². The van der Waals surface area contributed by atoms with Crippen molar-refractivity contribution in [3.8, 4) is 0 Å². The Morgan fingerprint density at radius 3 is 2.65 bits per heavy atom. The van der Waals surface area contributed by atoms with Gasteiger partial charge in [-0.05, 0) is 49.2 Å². The molecule has 0 unspecified atom stereocenters. The van der Waals surface area contributed by atoms with Gasteiger partial charge < -0.3 is 10.1 Å². The average Bonchev–Trinajstić information content (AvgIpc) is 2.67. The molecule has 1 saturated heterocycles. The highest BCUT2D eigenvalue weighted by molar-refractivity contribution is 7.92. The van der Waals surface area contributed by atoms with Crippen molar-refractivity contribution in [1.82, 2.24) is 5.32 Å². The molecule has 1 aromatic rings. The first-order valence-electron chi connectivity index (χ1n) is 6.44. The van der Waals surface area contributed by atoms with Crippen LogP contribution in [0.25, 0.3) is 0 Å². The van der Waals surface area contributed by atoms with E-state index in [1.165, 1.54) is 5.56 Å². The molecule has 0 aromatic heterocycles. The Morgan fingerprint density at radius 2 is 2.00 bits per heavy atom. The summed E-state index contributed by atoms with van der Waals surface area (Å²) >= 11 is 0. The van der Waals surface area contributed by atoms with Crippen molar-refractivity contribution in [2.45, 2.75) is 25.0 Å². The molecule has 112 valence electrons. The number of nitrogens with one attached hydrogen (secondary N) is 2. The molecule has 7 heteroatoms. The van der Waals surface area contributed by atoms with Crippen molar-refractivity contribution in [2.24, 2.45) is 0 Å². The first kappa shape index (κ1) is 15.6. The zero-order chi connectivity index (χ0) is 13.5. The maximum atomic E-state index is 11.2. The monoisotopic (exact) mass is 318 g/mol. The normalized spacial score (nSPS) is 20.2. The summed E-state index contributed by atoms with van der Waals surface area (Å²) in [5, 5.41) is 3.34. The van der Waals surface area contributed by atoms with Crippen molar-refractivity contribution in [3.63, 3.8) is 0 Å². The van der Waals surface area contributed by atoms with E-state index in [2.05, 4.69) is 10.0 Å². The lowest BCUT2D eigenvalue weighted by Crippen LogP contribution is -2.39. The van der Waals surface area contributed by atoms with Crippen LogP contribution in [0.3, 0.4) is 0 Å². The van der Waals surface area contributed by atoms with Crippen LogP contribution in [0.2, 0.25) is 0 Å². The number of anilines is 1. The Kier molecular flexibility index (Phi) is 4.30. The molecule has 0 bridgehead atoms. The van der Waals surface area contributed by atoms with E-state index in [0.29, 0.717) is 12.3 Å². The smallest absolute Gasteiger partial charge is 0.229 e. The molecule has 20 heavy (non-hydrogen) atoms. The zero-order valence-corrected chi connectivity index (χ0v) is 12.9. The van der Waals surface area contributed by atoms with Gasteiger partial charge in [0, 0.05) is 5.69 Å². The Bertz CT molecular complexity index is 598. The fourth-order valence-electron chi connectivity index (χ4n) is 2.97. The number of ether oxygens (including phenoxy) is 1. The lowest BCUT2D eigenvalue weighted by atomic mass is 9.84. The summed E-state index contributed by atoms with van der Waals surface area (Å²) in [6, 6.07) is 5.70. The Morgan fingerprint density at radius 1 is 1.30 bits per heavy atom. The van der Waals surface area contributed by atoms with E-state index in [0.717, 1.165) is 37.8 Å². The van der Waals surface area contributed by atoms with Crippen LogP contribution in [0.1, 0.15) is 24.0 Å². The number of hydrogen-bond donors (Lipinski definition) is 2.